The lowest BCUT2D eigenvalue weighted by Gasteiger charge is -2.29. The van der Waals surface area contributed by atoms with Crippen LogP contribution in [0.2, 0.25) is 19.6 Å². The van der Waals surface area contributed by atoms with Crippen molar-refractivity contribution in [1.82, 2.24) is 14.9 Å². The lowest BCUT2D eigenvalue weighted by molar-refractivity contribution is 0.0175. The number of likely N-dealkylation sites (tertiary alicyclic amines) is 1. The van der Waals surface area contributed by atoms with Gasteiger partial charge in [0.05, 0.1) is 17.9 Å². The lowest BCUT2D eigenvalue weighted by Crippen LogP contribution is -2.38. The summed E-state index contributed by atoms with van der Waals surface area (Å²) in [5, 5.41) is 0. The fraction of sp³-hybridized carbons (Fsp3) is 0.500. The molecule has 1 aliphatic carbocycles. The zero-order valence-corrected chi connectivity index (χ0v) is 19.7. The molecule has 2 aliphatic rings. The van der Waals surface area contributed by atoms with Gasteiger partial charge in [-0.2, -0.15) is 0 Å². The van der Waals surface area contributed by atoms with E-state index in [0.717, 1.165) is 35.5 Å². The number of hydrogen-bond acceptors (Lipinski definition) is 3. The molecule has 0 bridgehead atoms. The van der Waals surface area contributed by atoms with Crippen molar-refractivity contribution >= 4 is 14.2 Å². The first-order valence-electron chi connectivity index (χ1n) is 10.7. The number of hydrogen-bond donors (Lipinski definition) is 1. The fourth-order valence-corrected chi connectivity index (χ4v) is 4.44. The Bertz CT molecular complexity index is 1000. The van der Waals surface area contributed by atoms with Crippen LogP contribution in [0.1, 0.15) is 51.0 Å². The van der Waals surface area contributed by atoms with Crippen LogP contribution >= 0.6 is 0 Å². The molecule has 1 aromatic carbocycles. The van der Waals surface area contributed by atoms with Crippen LogP contribution in [0.25, 0.3) is 11.3 Å². The summed E-state index contributed by atoms with van der Waals surface area (Å²) < 4.78 is 5.66. The topological polar surface area (TPSA) is 58.2 Å². The van der Waals surface area contributed by atoms with Gasteiger partial charge in [0.25, 0.3) is 0 Å². The molecule has 1 amide bonds. The molecule has 1 aliphatic heterocycles. The average molecular weight is 422 g/mol. The molecular formula is C24H31N3O2Si. The van der Waals surface area contributed by atoms with Crippen molar-refractivity contribution in [2.24, 2.45) is 5.92 Å². The summed E-state index contributed by atoms with van der Waals surface area (Å²) >= 11 is 0. The molecule has 0 unspecified atom stereocenters. The molecular weight excluding hydrogens is 390 g/mol. The molecule has 2 aromatic rings. The second-order valence-electron chi connectivity index (χ2n) is 10.5. The van der Waals surface area contributed by atoms with Crippen LogP contribution in [0.3, 0.4) is 0 Å². The zero-order chi connectivity index (χ0) is 21.7. The number of nitrogens with zero attached hydrogens (tertiary/aromatic N) is 2. The molecule has 6 heteroatoms. The van der Waals surface area contributed by atoms with Crippen molar-refractivity contribution in [3.05, 3.63) is 41.9 Å². The number of benzene rings is 1. The molecule has 0 spiro atoms. The Balaban J connectivity index is 1.51. The van der Waals surface area contributed by atoms with Gasteiger partial charge in [-0.3, -0.25) is 4.90 Å². The summed E-state index contributed by atoms with van der Waals surface area (Å²) in [5.74, 6) is 4.70. The highest BCUT2D eigenvalue weighted by Crippen LogP contribution is 2.53. The number of amides is 1. The number of H-pyrrole nitrogens is 1. The summed E-state index contributed by atoms with van der Waals surface area (Å²) in [6.45, 7) is 12.4. The maximum atomic E-state index is 12.8. The van der Waals surface area contributed by atoms with Gasteiger partial charge in [0.1, 0.15) is 19.5 Å². The monoisotopic (exact) mass is 421 g/mol. The number of aromatic amines is 1. The molecule has 158 valence electrons. The fourth-order valence-electron chi connectivity index (χ4n) is 3.92. The Morgan fingerprint density at radius 1 is 1.20 bits per heavy atom. The van der Waals surface area contributed by atoms with Crippen LogP contribution in [0.5, 0.6) is 0 Å². The van der Waals surface area contributed by atoms with E-state index in [0.29, 0.717) is 12.0 Å². The van der Waals surface area contributed by atoms with Gasteiger partial charge in [0.2, 0.25) is 0 Å². The van der Waals surface area contributed by atoms with E-state index in [1.807, 2.05) is 31.9 Å². The largest absolute Gasteiger partial charge is 0.444 e. The van der Waals surface area contributed by atoms with Gasteiger partial charge in [-0.25, -0.2) is 9.78 Å². The van der Waals surface area contributed by atoms with Crippen LogP contribution in [0.4, 0.5) is 4.79 Å². The second-order valence-corrected chi connectivity index (χ2v) is 15.2. The summed E-state index contributed by atoms with van der Waals surface area (Å²) in [5.41, 5.74) is 5.96. The van der Waals surface area contributed by atoms with Gasteiger partial charge in [0.15, 0.2) is 0 Å². The Hall–Kier alpha value is -2.52. The highest BCUT2D eigenvalue weighted by molar-refractivity contribution is 6.83. The summed E-state index contributed by atoms with van der Waals surface area (Å²) in [4.78, 5) is 22.7. The van der Waals surface area contributed by atoms with Crippen LogP contribution in [-0.4, -0.2) is 40.7 Å². The predicted octanol–water partition coefficient (Wildman–Crippen LogP) is 5.38. The number of nitrogens with one attached hydrogen (secondary N) is 1. The molecule has 0 radical (unpaired) electrons. The first kappa shape index (κ1) is 20.7. The molecule has 1 saturated carbocycles. The number of fused-ring (bicyclic) bond motifs is 1. The van der Waals surface area contributed by atoms with Crippen LogP contribution in [-0.2, 0) is 4.74 Å². The molecule has 3 atom stereocenters. The van der Waals surface area contributed by atoms with Crippen LogP contribution in [0.15, 0.2) is 30.5 Å². The van der Waals surface area contributed by atoms with Gasteiger partial charge >= 0.3 is 6.09 Å². The van der Waals surface area contributed by atoms with Crippen molar-refractivity contribution in [3.8, 4) is 22.7 Å². The maximum absolute atomic E-state index is 12.8. The number of carbonyl (C=O) groups excluding carboxylic acids is 1. The van der Waals surface area contributed by atoms with E-state index in [4.69, 9.17) is 4.74 Å². The van der Waals surface area contributed by atoms with Crippen molar-refractivity contribution in [3.63, 3.8) is 0 Å². The normalized spacial score (nSPS) is 22.9. The molecule has 5 nitrogen and oxygen atoms in total. The number of rotatable bonds is 2. The SMILES string of the molecule is CC(C)(C)OC(=O)N1[C@@H]2C[C@@H]2C[C@H]1c1ncc(-c2ccc(C#C[Si](C)(C)C)cc2)[nH]1. The van der Waals surface area contributed by atoms with E-state index < -0.39 is 13.7 Å². The average Bonchev–Trinajstić information content (AvgIpc) is 3.07. The molecule has 2 heterocycles. The predicted molar refractivity (Wildman–Crippen MR) is 122 cm³/mol. The minimum atomic E-state index is -1.38. The third kappa shape index (κ3) is 4.62. The van der Waals surface area contributed by atoms with Crippen LogP contribution in [0, 0.1) is 17.4 Å². The standard InChI is InChI=1S/C24H31N3O2Si/c1-24(2,3)29-23(28)27-20-13-18(20)14-21(27)22-25-15-19(26-22)17-9-7-16(8-10-17)11-12-30(4,5)6/h7-10,15,18,20-21H,13-14H2,1-6H3,(H,25,26)/t18-,20-,21+/m1/s1. The van der Waals surface area contributed by atoms with Gasteiger partial charge < -0.3 is 9.72 Å². The molecule has 1 N–H and O–H groups in total. The van der Waals surface area contributed by atoms with Crippen molar-refractivity contribution in [2.45, 2.75) is 70.9 Å². The minimum Gasteiger partial charge on any atom is -0.444 e. The first-order valence-corrected chi connectivity index (χ1v) is 14.2. The Morgan fingerprint density at radius 2 is 1.90 bits per heavy atom. The van der Waals surface area contributed by atoms with Gasteiger partial charge in [-0.1, -0.05) is 37.7 Å². The highest BCUT2D eigenvalue weighted by atomic mass is 28.3. The van der Waals surface area contributed by atoms with Crippen molar-refractivity contribution < 1.29 is 9.53 Å². The highest BCUT2D eigenvalue weighted by Gasteiger charge is 2.56. The van der Waals surface area contributed by atoms with Gasteiger partial charge in [0, 0.05) is 11.6 Å². The molecule has 30 heavy (non-hydrogen) atoms. The second kappa shape index (κ2) is 7.31. The number of piperidine rings is 1. The number of aromatic nitrogens is 2. The van der Waals surface area contributed by atoms with E-state index in [2.05, 4.69) is 65.3 Å². The molecule has 2 fully saturated rings. The summed E-state index contributed by atoms with van der Waals surface area (Å²) in [6, 6.07) is 8.51. The lowest BCUT2D eigenvalue weighted by atomic mass is 10.1. The smallest absolute Gasteiger partial charge is 0.411 e. The molecule has 1 aromatic heterocycles. The van der Waals surface area contributed by atoms with Crippen molar-refractivity contribution in [1.29, 1.82) is 0 Å². The summed E-state index contributed by atoms with van der Waals surface area (Å²) in [7, 11) is -1.38. The van der Waals surface area contributed by atoms with Crippen molar-refractivity contribution in [2.75, 3.05) is 0 Å². The summed E-state index contributed by atoms with van der Waals surface area (Å²) in [6.07, 6.45) is 3.64. The molecule has 1 saturated heterocycles. The quantitative estimate of drug-likeness (QED) is 0.523. The first-order chi connectivity index (χ1) is 14.0. The van der Waals surface area contributed by atoms with Crippen LogP contribution < -0.4 is 0 Å². The van der Waals surface area contributed by atoms with E-state index >= 15 is 0 Å². The van der Waals surface area contributed by atoms with E-state index in [1.165, 1.54) is 0 Å². The maximum Gasteiger partial charge on any atom is 0.411 e. The molecule has 4 rings (SSSR count). The van der Waals surface area contributed by atoms with E-state index in [9.17, 15) is 4.79 Å². The van der Waals surface area contributed by atoms with E-state index in [-0.39, 0.29) is 12.1 Å². The third-order valence-corrected chi connectivity index (χ3v) is 6.27. The van der Waals surface area contributed by atoms with Gasteiger partial charge in [-0.15, -0.1) is 5.54 Å². The third-order valence-electron chi connectivity index (χ3n) is 5.40. The zero-order valence-electron chi connectivity index (χ0n) is 18.7. The number of ether oxygens (including phenoxy) is 1. The Kier molecular flexibility index (Phi) is 5.06. The number of imidazole rings is 1. The Morgan fingerprint density at radius 3 is 2.53 bits per heavy atom. The van der Waals surface area contributed by atoms with E-state index in [1.54, 1.807) is 0 Å². The Labute approximate surface area is 180 Å². The number of carbonyl (C=O) groups is 1. The minimum absolute atomic E-state index is 0.0424. The van der Waals surface area contributed by atoms with Gasteiger partial charge in [-0.05, 0) is 57.2 Å².